The van der Waals surface area contributed by atoms with Gasteiger partial charge in [0, 0.05) is 38.0 Å². The molecule has 2 saturated heterocycles. The zero-order valence-electron chi connectivity index (χ0n) is 11.4. The fourth-order valence-corrected chi connectivity index (χ4v) is 3.03. The van der Waals surface area contributed by atoms with Crippen LogP contribution in [0.1, 0.15) is 18.4 Å². The summed E-state index contributed by atoms with van der Waals surface area (Å²) in [5.41, 5.74) is 1.06. The fraction of sp³-hybridized carbons (Fsp3) is 0.467. The minimum absolute atomic E-state index is 0.0266. The van der Waals surface area contributed by atoms with Crippen LogP contribution in [0.2, 0.25) is 0 Å². The van der Waals surface area contributed by atoms with Gasteiger partial charge in [0.1, 0.15) is 0 Å². The number of likely N-dealkylation sites (tertiary alicyclic amines) is 1. The third-order valence-electron chi connectivity index (χ3n) is 4.21. The molecule has 20 heavy (non-hydrogen) atoms. The van der Waals surface area contributed by atoms with E-state index in [-0.39, 0.29) is 17.4 Å². The molecule has 2 heterocycles. The Morgan fingerprint density at radius 3 is 2.85 bits per heavy atom. The molecule has 0 aromatic heterocycles. The molecule has 3 rings (SSSR count). The molecule has 3 amide bonds. The molecule has 0 saturated carbocycles. The van der Waals surface area contributed by atoms with E-state index in [0.717, 1.165) is 18.5 Å². The van der Waals surface area contributed by atoms with Crippen LogP contribution in [0.25, 0.3) is 0 Å². The Morgan fingerprint density at radius 1 is 1.35 bits per heavy atom. The number of hydrogen-bond acceptors (Lipinski definition) is 2. The lowest BCUT2D eigenvalue weighted by atomic mass is 9.86. The van der Waals surface area contributed by atoms with Crippen LogP contribution in [0.3, 0.4) is 0 Å². The summed E-state index contributed by atoms with van der Waals surface area (Å²) in [6, 6.07) is 9.82. The molecule has 1 atom stereocenters. The van der Waals surface area contributed by atoms with Gasteiger partial charge in [0.25, 0.3) is 0 Å². The van der Waals surface area contributed by atoms with Crippen LogP contribution in [0.5, 0.6) is 0 Å². The van der Waals surface area contributed by atoms with E-state index in [1.165, 1.54) is 0 Å². The molecule has 2 aliphatic rings. The molecule has 0 bridgehead atoms. The van der Waals surface area contributed by atoms with Crippen LogP contribution in [0, 0.1) is 5.41 Å². The quantitative estimate of drug-likeness (QED) is 0.848. The van der Waals surface area contributed by atoms with Crippen molar-refractivity contribution in [2.24, 2.45) is 5.41 Å². The normalized spacial score (nSPS) is 25.0. The SMILES string of the molecule is O=C1CC2(CCN(C(=O)NCc3ccccc3)C2)CN1. The van der Waals surface area contributed by atoms with Crippen molar-refractivity contribution >= 4 is 11.9 Å². The zero-order chi connectivity index (χ0) is 14.0. The van der Waals surface area contributed by atoms with Gasteiger partial charge in [0.2, 0.25) is 5.91 Å². The molecule has 2 N–H and O–H groups in total. The molecule has 1 unspecified atom stereocenters. The van der Waals surface area contributed by atoms with E-state index in [2.05, 4.69) is 10.6 Å². The van der Waals surface area contributed by atoms with E-state index in [4.69, 9.17) is 0 Å². The average Bonchev–Trinajstić information content (AvgIpc) is 3.04. The van der Waals surface area contributed by atoms with Gasteiger partial charge in [-0.1, -0.05) is 30.3 Å². The summed E-state index contributed by atoms with van der Waals surface area (Å²) in [6.45, 7) is 2.65. The van der Waals surface area contributed by atoms with E-state index in [1.807, 2.05) is 35.2 Å². The summed E-state index contributed by atoms with van der Waals surface area (Å²) in [4.78, 5) is 25.3. The molecule has 1 aromatic rings. The summed E-state index contributed by atoms with van der Waals surface area (Å²) < 4.78 is 0. The molecule has 1 aromatic carbocycles. The number of amides is 3. The van der Waals surface area contributed by atoms with Crippen molar-refractivity contribution in [3.8, 4) is 0 Å². The number of nitrogens with zero attached hydrogens (tertiary/aromatic N) is 1. The highest BCUT2D eigenvalue weighted by Crippen LogP contribution is 2.36. The van der Waals surface area contributed by atoms with Crippen molar-refractivity contribution in [2.75, 3.05) is 19.6 Å². The average molecular weight is 273 g/mol. The lowest BCUT2D eigenvalue weighted by Gasteiger charge is -2.22. The highest BCUT2D eigenvalue weighted by molar-refractivity contribution is 5.80. The smallest absolute Gasteiger partial charge is 0.317 e. The van der Waals surface area contributed by atoms with Crippen LogP contribution in [-0.4, -0.2) is 36.5 Å². The second-order valence-electron chi connectivity index (χ2n) is 5.77. The first-order chi connectivity index (χ1) is 9.67. The Hall–Kier alpha value is -2.04. The van der Waals surface area contributed by atoms with E-state index in [9.17, 15) is 9.59 Å². The van der Waals surface area contributed by atoms with E-state index >= 15 is 0 Å². The highest BCUT2D eigenvalue weighted by atomic mass is 16.2. The number of carbonyl (C=O) groups excluding carboxylic acids is 2. The summed E-state index contributed by atoms with van der Waals surface area (Å²) in [6.07, 6.45) is 1.46. The van der Waals surface area contributed by atoms with Crippen molar-refractivity contribution < 1.29 is 9.59 Å². The van der Waals surface area contributed by atoms with E-state index < -0.39 is 0 Å². The summed E-state index contributed by atoms with van der Waals surface area (Å²) >= 11 is 0. The second kappa shape index (κ2) is 5.15. The molecule has 5 nitrogen and oxygen atoms in total. The van der Waals surface area contributed by atoms with Gasteiger partial charge in [-0.25, -0.2) is 4.79 Å². The molecule has 2 aliphatic heterocycles. The van der Waals surface area contributed by atoms with Crippen LogP contribution in [-0.2, 0) is 11.3 Å². The van der Waals surface area contributed by atoms with Gasteiger partial charge in [-0.3, -0.25) is 4.79 Å². The molecule has 0 aliphatic carbocycles. The predicted octanol–water partition coefficient (Wildman–Crippen LogP) is 1.11. The molecule has 2 fully saturated rings. The van der Waals surface area contributed by atoms with Gasteiger partial charge in [0.15, 0.2) is 0 Å². The Labute approximate surface area is 118 Å². The summed E-state index contributed by atoms with van der Waals surface area (Å²) in [5.74, 6) is 0.108. The maximum atomic E-state index is 12.1. The molecule has 5 heteroatoms. The van der Waals surface area contributed by atoms with Crippen molar-refractivity contribution in [2.45, 2.75) is 19.4 Å². The number of rotatable bonds is 2. The minimum Gasteiger partial charge on any atom is -0.355 e. The number of benzene rings is 1. The lowest BCUT2D eigenvalue weighted by Crippen LogP contribution is -2.39. The maximum Gasteiger partial charge on any atom is 0.317 e. The molecule has 0 radical (unpaired) electrons. The van der Waals surface area contributed by atoms with Crippen LogP contribution in [0.15, 0.2) is 30.3 Å². The number of urea groups is 1. The van der Waals surface area contributed by atoms with Gasteiger partial charge in [-0.2, -0.15) is 0 Å². The first kappa shape index (κ1) is 13.0. The van der Waals surface area contributed by atoms with Crippen molar-refractivity contribution in [3.63, 3.8) is 0 Å². The summed E-state index contributed by atoms with van der Waals surface area (Å²) in [7, 11) is 0. The van der Waals surface area contributed by atoms with Crippen molar-refractivity contribution in [1.82, 2.24) is 15.5 Å². The van der Waals surface area contributed by atoms with Crippen LogP contribution in [0.4, 0.5) is 4.79 Å². The minimum atomic E-state index is -0.0370. The Bertz CT molecular complexity index is 517. The highest BCUT2D eigenvalue weighted by Gasteiger charge is 2.45. The predicted molar refractivity (Wildman–Crippen MR) is 74.9 cm³/mol. The monoisotopic (exact) mass is 273 g/mol. The van der Waals surface area contributed by atoms with Gasteiger partial charge < -0.3 is 15.5 Å². The Kier molecular flexibility index (Phi) is 3.34. The third kappa shape index (κ3) is 2.61. The largest absolute Gasteiger partial charge is 0.355 e. The Morgan fingerprint density at radius 2 is 2.15 bits per heavy atom. The lowest BCUT2D eigenvalue weighted by molar-refractivity contribution is -0.119. The van der Waals surface area contributed by atoms with Gasteiger partial charge >= 0.3 is 6.03 Å². The first-order valence-electron chi connectivity index (χ1n) is 7.00. The summed E-state index contributed by atoms with van der Waals surface area (Å²) in [5, 5.41) is 5.81. The van der Waals surface area contributed by atoms with Crippen molar-refractivity contribution in [1.29, 1.82) is 0 Å². The van der Waals surface area contributed by atoms with Gasteiger partial charge in [0.05, 0.1) is 0 Å². The molecule has 106 valence electrons. The number of nitrogens with one attached hydrogen (secondary N) is 2. The molecule has 1 spiro atoms. The van der Waals surface area contributed by atoms with Gasteiger partial charge in [-0.05, 0) is 12.0 Å². The molecular weight excluding hydrogens is 254 g/mol. The number of hydrogen-bond donors (Lipinski definition) is 2. The standard InChI is InChI=1S/C15H19N3O2/c19-13-8-15(10-17-13)6-7-18(11-15)14(20)16-9-12-4-2-1-3-5-12/h1-5H,6-11H2,(H,16,20)(H,17,19). The fourth-order valence-electron chi connectivity index (χ4n) is 3.03. The first-order valence-corrected chi connectivity index (χ1v) is 7.00. The maximum absolute atomic E-state index is 12.1. The topological polar surface area (TPSA) is 61.4 Å². The van der Waals surface area contributed by atoms with Crippen LogP contribution >= 0.6 is 0 Å². The van der Waals surface area contributed by atoms with Crippen molar-refractivity contribution in [3.05, 3.63) is 35.9 Å². The number of carbonyl (C=O) groups is 2. The van der Waals surface area contributed by atoms with Crippen LogP contribution < -0.4 is 10.6 Å². The van der Waals surface area contributed by atoms with Gasteiger partial charge in [-0.15, -0.1) is 0 Å². The third-order valence-corrected chi connectivity index (χ3v) is 4.21. The molecular formula is C15H19N3O2. The zero-order valence-corrected chi connectivity index (χ0v) is 11.4. The van der Waals surface area contributed by atoms with E-state index in [1.54, 1.807) is 0 Å². The van der Waals surface area contributed by atoms with E-state index in [0.29, 0.717) is 26.1 Å². The second-order valence-corrected chi connectivity index (χ2v) is 5.77. The Balaban J connectivity index is 1.53.